The molecule has 0 spiro atoms. The van der Waals surface area contributed by atoms with Crippen molar-refractivity contribution >= 4 is 17.3 Å². The number of carbonyl (C=O) groups excluding carboxylic acids is 1. The van der Waals surface area contributed by atoms with E-state index in [2.05, 4.69) is 15.7 Å². The predicted molar refractivity (Wildman–Crippen MR) is 76.1 cm³/mol. The van der Waals surface area contributed by atoms with Crippen molar-refractivity contribution in [3.05, 3.63) is 42.0 Å². The van der Waals surface area contributed by atoms with Crippen LogP contribution in [0.3, 0.4) is 0 Å². The van der Waals surface area contributed by atoms with Gasteiger partial charge in [-0.3, -0.25) is 9.48 Å². The molecule has 0 unspecified atom stereocenters. The van der Waals surface area contributed by atoms with Crippen molar-refractivity contribution in [2.75, 3.05) is 10.6 Å². The lowest BCUT2D eigenvalue weighted by molar-refractivity contribution is -0.116. The van der Waals surface area contributed by atoms with Crippen LogP contribution in [0.25, 0.3) is 0 Å². The summed E-state index contributed by atoms with van der Waals surface area (Å²) in [7, 11) is 1.80. The molecule has 0 aliphatic rings. The Kier molecular flexibility index (Phi) is 4.02. The van der Waals surface area contributed by atoms with Crippen LogP contribution in [-0.4, -0.2) is 21.7 Å². The van der Waals surface area contributed by atoms with Gasteiger partial charge >= 0.3 is 0 Å². The van der Waals surface area contributed by atoms with Gasteiger partial charge in [-0.1, -0.05) is 6.07 Å². The molecule has 2 N–H and O–H groups in total. The summed E-state index contributed by atoms with van der Waals surface area (Å²) in [5, 5.41) is 9.75. The zero-order valence-corrected chi connectivity index (χ0v) is 11.6. The molecule has 106 valence electrons. The van der Waals surface area contributed by atoms with Crippen molar-refractivity contribution in [1.29, 1.82) is 0 Å². The van der Waals surface area contributed by atoms with Gasteiger partial charge in [0.25, 0.3) is 0 Å². The van der Waals surface area contributed by atoms with Crippen molar-refractivity contribution in [2.45, 2.75) is 19.9 Å². The Balaban J connectivity index is 2.02. The van der Waals surface area contributed by atoms with Crippen molar-refractivity contribution in [3.63, 3.8) is 0 Å². The molecule has 0 aliphatic heterocycles. The molecule has 0 saturated carbocycles. The number of anilines is 2. The molecular formula is C14H17FN4O. The Labute approximate surface area is 116 Å². The van der Waals surface area contributed by atoms with E-state index in [1.165, 1.54) is 12.1 Å². The molecule has 0 bridgehead atoms. The van der Waals surface area contributed by atoms with Gasteiger partial charge in [0, 0.05) is 18.9 Å². The summed E-state index contributed by atoms with van der Waals surface area (Å²) in [4.78, 5) is 12.1. The third kappa shape index (κ3) is 3.34. The molecular weight excluding hydrogens is 259 g/mol. The molecule has 0 aliphatic carbocycles. The average molecular weight is 276 g/mol. The molecule has 6 heteroatoms. The molecule has 2 rings (SSSR count). The van der Waals surface area contributed by atoms with Gasteiger partial charge in [-0.05, 0) is 31.5 Å². The summed E-state index contributed by atoms with van der Waals surface area (Å²) < 4.78 is 14.8. The summed E-state index contributed by atoms with van der Waals surface area (Å²) in [6.45, 7) is 3.55. The summed E-state index contributed by atoms with van der Waals surface area (Å²) >= 11 is 0. The number of hydrogen-bond donors (Lipinski definition) is 2. The highest BCUT2D eigenvalue weighted by molar-refractivity contribution is 5.96. The molecule has 0 radical (unpaired) electrons. The number of aryl methyl sites for hydroxylation is 2. The molecule has 1 aromatic heterocycles. The lowest BCUT2D eigenvalue weighted by atomic mass is 10.2. The van der Waals surface area contributed by atoms with Gasteiger partial charge < -0.3 is 10.6 Å². The molecule has 0 saturated heterocycles. The van der Waals surface area contributed by atoms with E-state index in [0.717, 1.165) is 11.3 Å². The SMILES string of the molecule is Cc1ccc(F)cc1NC(=O)[C@@H](C)Nc1cnn(C)c1. The lowest BCUT2D eigenvalue weighted by Gasteiger charge is -2.15. The van der Waals surface area contributed by atoms with Crippen molar-refractivity contribution in [2.24, 2.45) is 7.05 Å². The smallest absolute Gasteiger partial charge is 0.246 e. The van der Waals surface area contributed by atoms with Crippen LogP contribution in [0.1, 0.15) is 12.5 Å². The van der Waals surface area contributed by atoms with Crippen LogP contribution in [0.4, 0.5) is 15.8 Å². The number of halogens is 1. The number of nitrogens with zero attached hydrogens (tertiary/aromatic N) is 2. The van der Waals surface area contributed by atoms with Gasteiger partial charge in [0.2, 0.25) is 5.91 Å². The van der Waals surface area contributed by atoms with E-state index >= 15 is 0 Å². The Bertz CT molecular complexity index is 623. The highest BCUT2D eigenvalue weighted by Crippen LogP contribution is 2.16. The molecule has 20 heavy (non-hydrogen) atoms. The molecule has 1 aromatic carbocycles. The van der Waals surface area contributed by atoms with E-state index in [4.69, 9.17) is 0 Å². The van der Waals surface area contributed by atoms with Crippen molar-refractivity contribution in [1.82, 2.24) is 9.78 Å². The van der Waals surface area contributed by atoms with Crippen molar-refractivity contribution < 1.29 is 9.18 Å². The van der Waals surface area contributed by atoms with Crippen LogP contribution in [0.15, 0.2) is 30.6 Å². The summed E-state index contributed by atoms with van der Waals surface area (Å²) in [5.41, 5.74) is 2.05. The highest BCUT2D eigenvalue weighted by atomic mass is 19.1. The zero-order valence-electron chi connectivity index (χ0n) is 11.6. The first kappa shape index (κ1) is 14.0. The molecule has 1 atom stereocenters. The maximum Gasteiger partial charge on any atom is 0.246 e. The normalized spacial score (nSPS) is 12.0. The molecule has 1 amide bonds. The second kappa shape index (κ2) is 5.73. The quantitative estimate of drug-likeness (QED) is 0.901. The van der Waals surface area contributed by atoms with Gasteiger partial charge in [0.1, 0.15) is 11.9 Å². The minimum Gasteiger partial charge on any atom is -0.371 e. The number of amides is 1. The van der Waals surface area contributed by atoms with Crippen LogP contribution in [0, 0.1) is 12.7 Å². The van der Waals surface area contributed by atoms with Crippen LogP contribution in [-0.2, 0) is 11.8 Å². The van der Waals surface area contributed by atoms with Gasteiger partial charge in [-0.2, -0.15) is 5.10 Å². The number of rotatable bonds is 4. The van der Waals surface area contributed by atoms with E-state index in [1.807, 2.05) is 6.92 Å². The molecule has 5 nitrogen and oxygen atoms in total. The number of nitrogens with one attached hydrogen (secondary N) is 2. The number of hydrogen-bond acceptors (Lipinski definition) is 3. The van der Waals surface area contributed by atoms with Gasteiger partial charge in [0.15, 0.2) is 0 Å². The molecule has 0 fully saturated rings. The Morgan fingerprint density at radius 2 is 2.20 bits per heavy atom. The topological polar surface area (TPSA) is 59.0 Å². The van der Waals surface area contributed by atoms with Gasteiger partial charge in [-0.15, -0.1) is 0 Å². The second-order valence-electron chi connectivity index (χ2n) is 4.72. The van der Waals surface area contributed by atoms with E-state index in [0.29, 0.717) is 5.69 Å². The Morgan fingerprint density at radius 1 is 1.45 bits per heavy atom. The van der Waals surface area contributed by atoms with Crippen LogP contribution in [0.5, 0.6) is 0 Å². The maximum atomic E-state index is 13.2. The van der Waals surface area contributed by atoms with E-state index in [-0.39, 0.29) is 11.7 Å². The predicted octanol–water partition coefficient (Wildman–Crippen LogP) is 2.31. The van der Waals surface area contributed by atoms with E-state index in [9.17, 15) is 9.18 Å². The minimum atomic E-state index is -0.457. The van der Waals surface area contributed by atoms with Gasteiger partial charge in [-0.25, -0.2) is 4.39 Å². The number of carbonyl (C=O) groups is 1. The summed E-state index contributed by atoms with van der Waals surface area (Å²) in [6.07, 6.45) is 3.41. The lowest BCUT2D eigenvalue weighted by Crippen LogP contribution is -2.32. The van der Waals surface area contributed by atoms with Crippen molar-refractivity contribution in [3.8, 4) is 0 Å². The van der Waals surface area contributed by atoms with Gasteiger partial charge in [0.05, 0.1) is 11.9 Å². The van der Waals surface area contributed by atoms with E-state index < -0.39 is 6.04 Å². The minimum absolute atomic E-state index is 0.234. The molecule has 2 aromatic rings. The highest BCUT2D eigenvalue weighted by Gasteiger charge is 2.14. The first-order valence-corrected chi connectivity index (χ1v) is 6.28. The largest absolute Gasteiger partial charge is 0.371 e. The second-order valence-corrected chi connectivity index (χ2v) is 4.72. The van der Waals surface area contributed by atoms with Crippen LogP contribution < -0.4 is 10.6 Å². The fourth-order valence-electron chi connectivity index (χ4n) is 1.78. The standard InChI is InChI=1S/C14H17FN4O/c1-9-4-5-11(15)6-13(9)18-14(20)10(2)17-12-7-16-19(3)8-12/h4-8,10,17H,1-3H3,(H,18,20)/t10-/m1/s1. The third-order valence-electron chi connectivity index (χ3n) is 2.94. The molecule has 1 heterocycles. The fourth-order valence-corrected chi connectivity index (χ4v) is 1.78. The monoisotopic (exact) mass is 276 g/mol. The summed E-state index contributed by atoms with van der Waals surface area (Å²) in [6, 6.07) is 3.85. The van der Waals surface area contributed by atoms with E-state index in [1.54, 1.807) is 37.1 Å². The fraction of sp³-hybridized carbons (Fsp3) is 0.286. The first-order chi connectivity index (χ1) is 9.45. The first-order valence-electron chi connectivity index (χ1n) is 6.28. The third-order valence-corrected chi connectivity index (χ3v) is 2.94. The Hall–Kier alpha value is -2.37. The number of aromatic nitrogens is 2. The number of benzene rings is 1. The Morgan fingerprint density at radius 3 is 2.85 bits per heavy atom. The summed E-state index contributed by atoms with van der Waals surface area (Å²) in [5.74, 6) is -0.610. The maximum absolute atomic E-state index is 13.2. The zero-order chi connectivity index (χ0) is 14.7. The average Bonchev–Trinajstić information content (AvgIpc) is 2.79. The van der Waals surface area contributed by atoms with Crippen LogP contribution in [0.2, 0.25) is 0 Å². The van der Waals surface area contributed by atoms with Crippen LogP contribution >= 0.6 is 0 Å².